The van der Waals surface area contributed by atoms with Crippen molar-refractivity contribution >= 4 is 35.1 Å². The summed E-state index contributed by atoms with van der Waals surface area (Å²) in [5, 5.41) is 5.29. The van der Waals surface area contributed by atoms with Gasteiger partial charge in [0.25, 0.3) is 0 Å². The van der Waals surface area contributed by atoms with Gasteiger partial charge in [0.2, 0.25) is 0 Å². The number of aromatic amines is 1. The molecule has 1 N–H and O–H groups in total. The van der Waals surface area contributed by atoms with E-state index in [9.17, 15) is 0 Å². The van der Waals surface area contributed by atoms with Crippen LogP contribution in [0.5, 0.6) is 0 Å². The molecule has 1 aliphatic rings. The summed E-state index contributed by atoms with van der Waals surface area (Å²) >= 11 is 7.59. The Hall–Kier alpha value is -0.750. The highest BCUT2D eigenvalue weighted by Crippen LogP contribution is 2.37. The predicted octanol–water partition coefficient (Wildman–Crippen LogP) is 3.84. The average molecular weight is 310 g/mol. The molecule has 1 saturated carbocycles. The zero-order valence-electron chi connectivity index (χ0n) is 12.3. The molecule has 0 amide bonds. The second-order valence-electron chi connectivity index (χ2n) is 5.55. The number of aryl methyl sites for hydroxylation is 2. The monoisotopic (exact) mass is 310 g/mol. The zero-order valence-corrected chi connectivity index (χ0v) is 14.0. The number of nitrogens with zero attached hydrogens (tertiary/aromatic N) is 3. The predicted molar refractivity (Wildman–Crippen MR) is 88.1 cm³/mol. The second-order valence-corrected chi connectivity index (χ2v) is 7.01. The first-order valence-corrected chi connectivity index (χ1v) is 9.05. The summed E-state index contributed by atoms with van der Waals surface area (Å²) in [6.45, 7) is 2.14. The number of rotatable bonds is 3. The Labute approximate surface area is 128 Å². The minimum Gasteiger partial charge on any atom is -0.328 e. The zero-order chi connectivity index (χ0) is 14.3. The van der Waals surface area contributed by atoms with Crippen molar-refractivity contribution in [3.8, 4) is 0 Å². The maximum absolute atomic E-state index is 5.61. The van der Waals surface area contributed by atoms with Crippen LogP contribution in [0.4, 0.5) is 0 Å². The van der Waals surface area contributed by atoms with Crippen LogP contribution in [0, 0.1) is 4.77 Å². The lowest BCUT2D eigenvalue weighted by atomic mass is 9.94. The molecule has 0 spiro atoms. The topological polar surface area (TPSA) is 38.5 Å². The lowest BCUT2D eigenvalue weighted by molar-refractivity contribution is 0.365. The van der Waals surface area contributed by atoms with Gasteiger partial charge in [-0.2, -0.15) is 16.9 Å². The molecule has 110 valence electrons. The van der Waals surface area contributed by atoms with Crippen LogP contribution in [-0.4, -0.2) is 30.8 Å². The fourth-order valence-corrected chi connectivity index (χ4v) is 4.74. The number of imidazole rings is 1. The number of H-pyrrole nitrogens is 1. The third-order valence-electron chi connectivity index (χ3n) is 4.41. The van der Waals surface area contributed by atoms with Crippen LogP contribution in [0.25, 0.3) is 11.2 Å². The molecule has 0 aliphatic heterocycles. The van der Waals surface area contributed by atoms with Crippen LogP contribution in [0.3, 0.4) is 0 Å². The summed E-state index contributed by atoms with van der Waals surface area (Å²) in [5.74, 6) is 0. The van der Waals surface area contributed by atoms with Gasteiger partial charge in [-0.1, -0.05) is 19.8 Å². The van der Waals surface area contributed by atoms with Gasteiger partial charge in [-0.3, -0.25) is 9.25 Å². The molecule has 0 saturated heterocycles. The second kappa shape index (κ2) is 5.56. The molecule has 0 radical (unpaired) electrons. The van der Waals surface area contributed by atoms with Crippen molar-refractivity contribution < 1.29 is 0 Å². The Kier molecular flexibility index (Phi) is 3.95. The van der Waals surface area contributed by atoms with Crippen LogP contribution in [0.1, 0.15) is 44.3 Å². The minimum atomic E-state index is 0.500. The molecule has 2 atom stereocenters. The van der Waals surface area contributed by atoms with Crippen LogP contribution >= 0.6 is 24.0 Å². The summed E-state index contributed by atoms with van der Waals surface area (Å²) < 4.78 is 5.18. The molecule has 3 rings (SSSR count). The number of hydrogen-bond acceptors (Lipinski definition) is 3. The third kappa shape index (κ3) is 2.13. The smallest absolute Gasteiger partial charge is 0.179 e. The first-order valence-electron chi connectivity index (χ1n) is 7.36. The van der Waals surface area contributed by atoms with Crippen molar-refractivity contribution in [1.29, 1.82) is 0 Å². The first kappa shape index (κ1) is 14.2. The normalized spacial score (nSPS) is 23.6. The summed E-state index contributed by atoms with van der Waals surface area (Å²) in [6.07, 6.45) is 8.31. The van der Waals surface area contributed by atoms with Gasteiger partial charge in [-0.05, 0) is 37.7 Å². The molecule has 1 aliphatic carbocycles. The SMILES string of the molecule is CCc1nn(C)c2c1[nH]c(=S)n2C1CCCCC1SC. The molecule has 6 heteroatoms. The Morgan fingerprint density at radius 3 is 2.85 bits per heavy atom. The standard InChI is InChI=1S/C14H22N4S2/c1-4-9-12-13(17(2)16-9)18(14(19)15-12)10-7-5-6-8-11(10)20-3/h10-11H,4-8H2,1-3H3,(H,15,19). The largest absolute Gasteiger partial charge is 0.328 e. The highest BCUT2D eigenvalue weighted by atomic mass is 32.2. The lowest BCUT2D eigenvalue weighted by Crippen LogP contribution is -2.26. The fourth-order valence-electron chi connectivity index (χ4n) is 3.44. The summed E-state index contributed by atoms with van der Waals surface area (Å²) in [4.78, 5) is 3.39. The first-order chi connectivity index (χ1) is 9.67. The Balaban J connectivity index is 2.17. The Morgan fingerprint density at radius 1 is 1.40 bits per heavy atom. The Bertz CT molecular complexity index is 667. The highest BCUT2D eigenvalue weighted by Gasteiger charge is 2.29. The van der Waals surface area contributed by atoms with Gasteiger partial charge in [0.05, 0.1) is 5.69 Å². The molecule has 1 fully saturated rings. The van der Waals surface area contributed by atoms with Crippen LogP contribution in [-0.2, 0) is 13.5 Å². The molecule has 20 heavy (non-hydrogen) atoms. The van der Waals surface area contributed by atoms with Crippen molar-refractivity contribution in [2.45, 2.75) is 50.3 Å². The van der Waals surface area contributed by atoms with Gasteiger partial charge in [0.1, 0.15) is 5.52 Å². The number of hydrogen-bond donors (Lipinski definition) is 1. The van der Waals surface area contributed by atoms with Crippen molar-refractivity contribution in [3.63, 3.8) is 0 Å². The molecule has 2 aromatic rings. The van der Waals surface area contributed by atoms with E-state index >= 15 is 0 Å². The molecular weight excluding hydrogens is 288 g/mol. The van der Waals surface area contributed by atoms with E-state index < -0.39 is 0 Å². The van der Waals surface area contributed by atoms with Crippen molar-refractivity contribution in [2.24, 2.45) is 7.05 Å². The molecule has 0 aromatic carbocycles. The van der Waals surface area contributed by atoms with E-state index in [0.29, 0.717) is 11.3 Å². The average Bonchev–Trinajstić information content (AvgIpc) is 2.95. The van der Waals surface area contributed by atoms with Crippen LogP contribution in [0.2, 0.25) is 0 Å². The molecule has 4 nitrogen and oxygen atoms in total. The lowest BCUT2D eigenvalue weighted by Gasteiger charge is -2.31. The molecule has 2 unspecified atom stereocenters. The van der Waals surface area contributed by atoms with Gasteiger partial charge in [0.15, 0.2) is 10.4 Å². The maximum Gasteiger partial charge on any atom is 0.179 e. The summed E-state index contributed by atoms with van der Waals surface area (Å²) in [5.41, 5.74) is 3.41. The van der Waals surface area contributed by atoms with E-state index in [2.05, 4.69) is 27.8 Å². The molecular formula is C14H22N4S2. The van der Waals surface area contributed by atoms with Gasteiger partial charge in [0, 0.05) is 18.3 Å². The molecule has 2 heterocycles. The van der Waals surface area contributed by atoms with Gasteiger partial charge >= 0.3 is 0 Å². The summed E-state index contributed by atoms with van der Waals surface area (Å²) in [6, 6.07) is 0.500. The van der Waals surface area contributed by atoms with Gasteiger partial charge in [-0.15, -0.1) is 0 Å². The van der Waals surface area contributed by atoms with E-state index in [4.69, 9.17) is 12.2 Å². The van der Waals surface area contributed by atoms with E-state index in [1.54, 1.807) is 0 Å². The van der Waals surface area contributed by atoms with Crippen molar-refractivity contribution in [3.05, 3.63) is 10.5 Å². The van der Waals surface area contributed by atoms with E-state index in [1.165, 1.54) is 25.7 Å². The maximum atomic E-state index is 5.61. The molecule has 0 bridgehead atoms. The van der Waals surface area contributed by atoms with Crippen LogP contribution < -0.4 is 0 Å². The van der Waals surface area contributed by atoms with E-state index in [-0.39, 0.29) is 0 Å². The number of nitrogens with one attached hydrogen (secondary N) is 1. The highest BCUT2D eigenvalue weighted by molar-refractivity contribution is 7.99. The van der Waals surface area contributed by atoms with Crippen LogP contribution in [0.15, 0.2) is 0 Å². The van der Waals surface area contributed by atoms with Gasteiger partial charge < -0.3 is 4.98 Å². The fraction of sp³-hybridized carbons (Fsp3) is 0.714. The van der Waals surface area contributed by atoms with E-state index in [1.807, 2.05) is 23.5 Å². The van der Waals surface area contributed by atoms with E-state index in [0.717, 1.165) is 28.0 Å². The minimum absolute atomic E-state index is 0.500. The van der Waals surface area contributed by atoms with Crippen molar-refractivity contribution in [1.82, 2.24) is 19.3 Å². The Morgan fingerprint density at radius 2 is 2.15 bits per heavy atom. The number of thioether (sulfide) groups is 1. The number of aromatic nitrogens is 4. The van der Waals surface area contributed by atoms with Gasteiger partial charge in [-0.25, -0.2) is 0 Å². The third-order valence-corrected chi connectivity index (χ3v) is 5.86. The quantitative estimate of drug-likeness (QED) is 0.875. The summed E-state index contributed by atoms with van der Waals surface area (Å²) in [7, 11) is 2.03. The number of fused-ring (bicyclic) bond motifs is 1. The molecule has 2 aromatic heterocycles. The van der Waals surface area contributed by atoms with Crippen molar-refractivity contribution in [2.75, 3.05) is 6.26 Å².